The summed E-state index contributed by atoms with van der Waals surface area (Å²) in [5, 5.41) is 4.50. The van der Waals surface area contributed by atoms with Crippen molar-refractivity contribution < 1.29 is 32.1 Å². The molecule has 0 spiro atoms. The van der Waals surface area contributed by atoms with Crippen LogP contribution in [-0.4, -0.2) is 53.1 Å². The highest BCUT2D eigenvalue weighted by atomic mass is 32.2. The second kappa shape index (κ2) is 8.95. The number of nitrogens with zero attached hydrogens (tertiary/aromatic N) is 1. The van der Waals surface area contributed by atoms with Crippen LogP contribution >= 0.6 is 0 Å². The molecule has 0 aromatic heterocycles. The number of esters is 1. The summed E-state index contributed by atoms with van der Waals surface area (Å²) in [6.07, 6.45) is -1.14. The molecule has 34 heavy (non-hydrogen) atoms. The molecule has 5 N–H and O–H groups in total. The molecule has 3 rings (SSSR count). The molecular formula is C22H28N4O7S. The Morgan fingerprint density at radius 3 is 2.50 bits per heavy atom. The molecule has 1 aliphatic heterocycles. The first-order chi connectivity index (χ1) is 15.6. The van der Waals surface area contributed by atoms with Gasteiger partial charge in [0, 0.05) is 17.5 Å². The molecule has 0 aliphatic carbocycles. The molecule has 0 bridgehead atoms. The Morgan fingerprint density at radius 1 is 1.24 bits per heavy atom. The van der Waals surface area contributed by atoms with Crippen LogP contribution < -0.4 is 16.5 Å². The maximum atomic E-state index is 13.0. The van der Waals surface area contributed by atoms with E-state index in [0.29, 0.717) is 21.5 Å². The maximum Gasteiger partial charge on any atom is 0.336 e. The summed E-state index contributed by atoms with van der Waals surface area (Å²) in [7, 11) is -4.52. The summed E-state index contributed by atoms with van der Waals surface area (Å²) >= 11 is 0. The van der Waals surface area contributed by atoms with Gasteiger partial charge in [-0.25, -0.2) is 15.2 Å². The Morgan fingerprint density at radius 2 is 1.88 bits per heavy atom. The van der Waals surface area contributed by atoms with Gasteiger partial charge in [0.25, 0.3) is 16.0 Å². The van der Waals surface area contributed by atoms with Crippen molar-refractivity contribution in [3.63, 3.8) is 0 Å². The lowest BCUT2D eigenvalue weighted by Gasteiger charge is -2.38. The number of fused-ring (bicyclic) bond motifs is 1. The van der Waals surface area contributed by atoms with Crippen molar-refractivity contribution >= 4 is 44.4 Å². The minimum absolute atomic E-state index is 0.163. The van der Waals surface area contributed by atoms with Crippen molar-refractivity contribution in [3.8, 4) is 0 Å². The number of carbonyl (C=O) groups excluding carboxylic acids is 3. The van der Waals surface area contributed by atoms with Gasteiger partial charge in [-0.3, -0.25) is 14.1 Å². The number of piperidine rings is 1. The van der Waals surface area contributed by atoms with Crippen LogP contribution in [0.2, 0.25) is 0 Å². The number of ether oxygens (including phenoxy) is 1. The molecule has 1 saturated heterocycles. The van der Waals surface area contributed by atoms with E-state index in [1.54, 1.807) is 58.0 Å². The molecule has 1 fully saturated rings. The lowest BCUT2D eigenvalue weighted by Crippen LogP contribution is -2.69. The SMILES string of the molecule is CC(Nc1cc(S(=O)(=O)O)c2ccccc2c1)NN1C(=O)CCC(N)(C(=O)OC(C)(C)C)C1=O. The topological polar surface area (TPSA) is 168 Å². The lowest BCUT2D eigenvalue weighted by molar-refractivity contribution is -0.173. The number of anilines is 1. The molecule has 2 aromatic rings. The molecule has 1 heterocycles. The maximum absolute atomic E-state index is 13.0. The average molecular weight is 493 g/mol. The van der Waals surface area contributed by atoms with Gasteiger partial charge in [0.05, 0.1) is 6.17 Å². The highest BCUT2D eigenvalue weighted by Gasteiger charge is 2.52. The Hall–Kier alpha value is -3.06. The van der Waals surface area contributed by atoms with E-state index in [1.165, 1.54) is 6.07 Å². The molecule has 2 unspecified atom stereocenters. The van der Waals surface area contributed by atoms with Crippen molar-refractivity contribution in [1.29, 1.82) is 0 Å². The van der Waals surface area contributed by atoms with E-state index in [9.17, 15) is 27.4 Å². The summed E-state index contributed by atoms with van der Waals surface area (Å²) < 4.78 is 38.7. The minimum Gasteiger partial charge on any atom is -0.458 e. The fourth-order valence-electron chi connectivity index (χ4n) is 3.57. The van der Waals surface area contributed by atoms with E-state index in [2.05, 4.69) is 10.7 Å². The van der Waals surface area contributed by atoms with E-state index >= 15 is 0 Å². The lowest BCUT2D eigenvalue weighted by atomic mass is 9.89. The number of hydrogen-bond donors (Lipinski definition) is 4. The zero-order valence-electron chi connectivity index (χ0n) is 19.3. The second-order valence-electron chi connectivity index (χ2n) is 9.17. The van der Waals surface area contributed by atoms with E-state index in [1.807, 2.05) is 0 Å². The number of hydrogen-bond acceptors (Lipinski definition) is 9. The quantitative estimate of drug-likeness (QED) is 0.153. The molecular weight excluding hydrogens is 464 g/mol. The van der Waals surface area contributed by atoms with E-state index < -0.39 is 45.2 Å². The fraction of sp³-hybridized carbons (Fsp3) is 0.409. The Kier molecular flexibility index (Phi) is 6.73. The standard InChI is InChI=1S/C22H28N4O7S/c1-13(24-15-11-14-7-5-6-8-16(14)17(12-15)34(30,31)32)25-26-18(27)9-10-22(23,19(26)28)20(29)33-21(2,3)4/h5-8,11-13,24-25H,9-10,23H2,1-4H3,(H,30,31,32). The largest absolute Gasteiger partial charge is 0.458 e. The Labute approximate surface area is 197 Å². The molecule has 0 radical (unpaired) electrons. The second-order valence-corrected chi connectivity index (χ2v) is 10.6. The van der Waals surface area contributed by atoms with Crippen LogP contribution in [0.4, 0.5) is 5.69 Å². The highest BCUT2D eigenvalue weighted by Crippen LogP contribution is 2.28. The van der Waals surface area contributed by atoms with E-state index in [4.69, 9.17) is 10.5 Å². The summed E-state index contributed by atoms with van der Waals surface area (Å²) in [6, 6.07) is 9.48. The van der Waals surface area contributed by atoms with Crippen molar-refractivity contribution in [1.82, 2.24) is 10.4 Å². The number of rotatable bonds is 6. The number of imide groups is 1. The van der Waals surface area contributed by atoms with Gasteiger partial charge in [-0.15, -0.1) is 0 Å². The third-order valence-electron chi connectivity index (χ3n) is 5.14. The average Bonchev–Trinajstić information content (AvgIpc) is 2.71. The summed E-state index contributed by atoms with van der Waals surface area (Å²) in [6.45, 7) is 6.49. The van der Waals surface area contributed by atoms with Crippen molar-refractivity contribution in [2.24, 2.45) is 5.73 Å². The summed E-state index contributed by atoms with van der Waals surface area (Å²) in [4.78, 5) is 37.8. The van der Waals surface area contributed by atoms with Gasteiger partial charge in [0.1, 0.15) is 10.5 Å². The zero-order chi connectivity index (χ0) is 25.5. The molecule has 2 amide bonds. The summed E-state index contributed by atoms with van der Waals surface area (Å²) in [5.41, 5.74) is 6.15. The molecule has 2 atom stereocenters. The van der Waals surface area contributed by atoms with Crippen LogP contribution in [0.15, 0.2) is 41.3 Å². The van der Waals surface area contributed by atoms with Gasteiger partial charge in [-0.05, 0) is 51.6 Å². The van der Waals surface area contributed by atoms with E-state index in [0.717, 1.165) is 0 Å². The zero-order valence-corrected chi connectivity index (χ0v) is 20.1. The normalized spacial score (nSPS) is 20.4. The number of hydrazine groups is 1. The van der Waals surface area contributed by atoms with Crippen molar-refractivity contribution in [2.45, 2.75) is 62.7 Å². The molecule has 11 nitrogen and oxygen atoms in total. The predicted octanol–water partition coefficient (Wildman–Crippen LogP) is 1.54. The third-order valence-corrected chi connectivity index (χ3v) is 6.03. The number of benzene rings is 2. The van der Waals surface area contributed by atoms with Crippen LogP contribution in [0.3, 0.4) is 0 Å². The van der Waals surface area contributed by atoms with Gasteiger partial charge < -0.3 is 15.8 Å². The van der Waals surface area contributed by atoms with Crippen LogP contribution in [-0.2, 0) is 29.2 Å². The fourth-order valence-corrected chi connectivity index (χ4v) is 4.31. The molecule has 0 saturated carbocycles. The van der Waals surface area contributed by atoms with Gasteiger partial charge in [-0.1, -0.05) is 24.3 Å². The molecule has 184 valence electrons. The van der Waals surface area contributed by atoms with Gasteiger partial charge in [0.15, 0.2) is 5.54 Å². The molecule has 2 aromatic carbocycles. The van der Waals surface area contributed by atoms with Crippen molar-refractivity contribution in [3.05, 3.63) is 36.4 Å². The highest BCUT2D eigenvalue weighted by molar-refractivity contribution is 7.86. The monoisotopic (exact) mass is 492 g/mol. The van der Waals surface area contributed by atoms with Crippen LogP contribution in [0.1, 0.15) is 40.5 Å². The Balaban J connectivity index is 1.83. The third kappa shape index (κ3) is 5.36. The number of carbonyl (C=O) groups is 3. The minimum atomic E-state index is -4.52. The van der Waals surface area contributed by atoms with Crippen LogP contribution in [0.25, 0.3) is 10.8 Å². The van der Waals surface area contributed by atoms with Gasteiger partial charge >= 0.3 is 5.97 Å². The van der Waals surface area contributed by atoms with Crippen molar-refractivity contribution in [2.75, 3.05) is 5.32 Å². The summed E-state index contributed by atoms with van der Waals surface area (Å²) in [5.74, 6) is -2.47. The first-order valence-electron chi connectivity index (χ1n) is 10.5. The molecule has 12 heteroatoms. The first-order valence-corrected chi connectivity index (χ1v) is 12.0. The van der Waals surface area contributed by atoms with Crippen LogP contribution in [0.5, 0.6) is 0 Å². The number of amides is 2. The molecule has 1 aliphatic rings. The number of nitrogens with one attached hydrogen (secondary N) is 2. The van der Waals surface area contributed by atoms with Gasteiger partial charge in [-0.2, -0.15) is 8.42 Å². The first kappa shape index (κ1) is 25.6. The van der Waals surface area contributed by atoms with E-state index in [-0.39, 0.29) is 17.7 Å². The predicted molar refractivity (Wildman–Crippen MR) is 124 cm³/mol. The number of nitrogens with two attached hydrogens (primary N) is 1. The van der Waals surface area contributed by atoms with Crippen LogP contribution in [0, 0.1) is 0 Å². The van der Waals surface area contributed by atoms with Gasteiger partial charge in [0.2, 0.25) is 5.91 Å². The smallest absolute Gasteiger partial charge is 0.336 e. The Bertz CT molecular complexity index is 1260.